The summed E-state index contributed by atoms with van der Waals surface area (Å²) >= 11 is 1.25. The number of thioether (sulfide) groups is 1. The first-order valence-electron chi connectivity index (χ1n) is 14.3. The summed E-state index contributed by atoms with van der Waals surface area (Å²) in [5.74, 6) is 0.444. The highest BCUT2D eigenvalue weighted by Gasteiger charge is 2.32. The van der Waals surface area contributed by atoms with Crippen LogP contribution in [0.3, 0.4) is 0 Å². The van der Waals surface area contributed by atoms with E-state index in [9.17, 15) is 22.8 Å². The molecule has 1 fully saturated rings. The Hall–Kier alpha value is -4.65. The van der Waals surface area contributed by atoms with Gasteiger partial charge in [-0.05, 0) is 53.8 Å². The van der Waals surface area contributed by atoms with Crippen LogP contribution in [0.1, 0.15) is 50.2 Å². The quantitative estimate of drug-likeness (QED) is 0.207. The number of carbonyl (C=O) groups excluding carboxylic acids is 2. The molecule has 1 aliphatic rings. The predicted molar refractivity (Wildman–Crippen MR) is 168 cm³/mol. The third-order valence-electron chi connectivity index (χ3n) is 7.22. The zero-order chi connectivity index (χ0) is 32.1. The Morgan fingerprint density at radius 1 is 1.07 bits per heavy atom. The van der Waals surface area contributed by atoms with Crippen LogP contribution in [0.5, 0.6) is 5.75 Å². The average Bonchev–Trinajstić information content (AvgIpc) is 3.64. The molecular weight excluding hydrogens is 605 g/mol. The van der Waals surface area contributed by atoms with Gasteiger partial charge in [0.15, 0.2) is 11.0 Å². The third-order valence-corrected chi connectivity index (χ3v) is 8.15. The van der Waals surface area contributed by atoms with Gasteiger partial charge in [0, 0.05) is 18.0 Å². The first-order chi connectivity index (χ1) is 21.5. The van der Waals surface area contributed by atoms with Crippen molar-refractivity contribution in [3.05, 3.63) is 90.3 Å². The van der Waals surface area contributed by atoms with Crippen LogP contribution in [-0.4, -0.2) is 50.5 Å². The van der Waals surface area contributed by atoms with Crippen molar-refractivity contribution in [3.8, 4) is 22.8 Å². The lowest BCUT2D eigenvalue weighted by Crippen LogP contribution is -2.33. The maximum atomic E-state index is 12.9. The van der Waals surface area contributed by atoms with E-state index in [2.05, 4.69) is 39.0 Å². The van der Waals surface area contributed by atoms with E-state index in [0.717, 1.165) is 28.8 Å². The highest BCUT2D eigenvalue weighted by Crippen LogP contribution is 2.33. The molecule has 9 nitrogen and oxygen atoms in total. The van der Waals surface area contributed by atoms with E-state index in [-0.39, 0.29) is 29.2 Å². The predicted octanol–water partition coefficient (Wildman–Crippen LogP) is 7.30. The Morgan fingerprint density at radius 2 is 1.78 bits per heavy atom. The molecule has 1 N–H and O–H groups in total. The van der Waals surface area contributed by atoms with Gasteiger partial charge in [-0.15, -0.1) is 18.3 Å². The molecule has 0 aliphatic carbocycles. The molecule has 0 saturated carbocycles. The largest absolute Gasteiger partial charge is 0.573 e. The van der Waals surface area contributed by atoms with Crippen molar-refractivity contribution in [2.75, 3.05) is 17.2 Å². The molecule has 1 aromatic heterocycles. The highest BCUT2D eigenvalue weighted by molar-refractivity contribution is 8.15. The van der Waals surface area contributed by atoms with E-state index in [1.807, 2.05) is 55.5 Å². The number of alkyl halides is 3. The lowest BCUT2D eigenvalue weighted by Gasteiger charge is -2.21. The van der Waals surface area contributed by atoms with Crippen molar-refractivity contribution in [3.63, 3.8) is 0 Å². The molecule has 1 unspecified atom stereocenters. The number of hydrogen-bond donors (Lipinski definition) is 1. The lowest BCUT2D eigenvalue weighted by atomic mass is 9.95. The molecule has 1 saturated heterocycles. The summed E-state index contributed by atoms with van der Waals surface area (Å²) in [6.45, 7) is 6.49. The van der Waals surface area contributed by atoms with Crippen LogP contribution in [-0.2, 0) is 4.79 Å². The molecule has 1 aliphatic heterocycles. The zero-order valence-electron chi connectivity index (χ0n) is 24.8. The number of nitrogens with zero attached hydrogens (tertiary/aromatic N) is 5. The number of nitrogens with one attached hydrogen (secondary N) is 1. The van der Waals surface area contributed by atoms with E-state index in [0.29, 0.717) is 23.2 Å². The number of aliphatic imine (C=N–C) groups is 1. The minimum atomic E-state index is -4.76. The van der Waals surface area contributed by atoms with Gasteiger partial charge >= 0.3 is 12.4 Å². The lowest BCUT2D eigenvalue weighted by molar-refractivity contribution is -0.274. The molecule has 5 rings (SSSR count). The van der Waals surface area contributed by atoms with E-state index in [1.54, 1.807) is 0 Å². The minimum Gasteiger partial charge on any atom is -0.406 e. The van der Waals surface area contributed by atoms with Crippen LogP contribution in [0.15, 0.2) is 84.1 Å². The Kier molecular flexibility index (Phi) is 9.57. The molecule has 1 atom stereocenters. The molecule has 0 bridgehead atoms. The normalized spacial score (nSPS) is 15.1. The van der Waals surface area contributed by atoms with Crippen molar-refractivity contribution in [2.24, 2.45) is 4.99 Å². The van der Waals surface area contributed by atoms with Gasteiger partial charge in [0.2, 0.25) is 5.91 Å². The second-order valence-electron chi connectivity index (χ2n) is 10.6. The number of anilines is 1. The number of carbonyl (C=O) groups is 2. The molecule has 3 aromatic carbocycles. The molecule has 45 heavy (non-hydrogen) atoms. The summed E-state index contributed by atoms with van der Waals surface area (Å²) < 4.78 is 42.7. The third kappa shape index (κ3) is 7.72. The summed E-state index contributed by atoms with van der Waals surface area (Å²) in [6.07, 6.45) is -2.52. The fourth-order valence-corrected chi connectivity index (χ4v) is 5.78. The number of amidine groups is 1. The van der Waals surface area contributed by atoms with Gasteiger partial charge in [-0.2, -0.15) is 4.99 Å². The van der Waals surface area contributed by atoms with Crippen LogP contribution in [0.4, 0.5) is 23.7 Å². The first kappa shape index (κ1) is 31.8. The molecule has 3 amide bonds. The molecule has 2 heterocycles. The summed E-state index contributed by atoms with van der Waals surface area (Å²) in [4.78, 5) is 35.7. The summed E-state index contributed by atoms with van der Waals surface area (Å²) in [6, 6.07) is 20.1. The first-order valence-corrected chi connectivity index (χ1v) is 15.3. The van der Waals surface area contributed by atoms with Crippen molar-refractivity contribution in [1.29, 1.82) is 0 Å². The molecule has 4 aromatic rings. The van der Waals surface area contributed by atoms with Crippen LogP contribution in [0.2, 0.25) is 0 Å². The van der Waals surface area contributed by atoms with Crippen molar-refractivity contribution in [2.45, 2.75) is 45.4 Å². The van der Waals surface area contributed by atoms with E-state index >= 15 is 0 Å². The van der Waals surface area contributed by atoms with Gasteiger partial charge < -0.3 is 10.1 Å². The standard InChI is InChI=1S/C32H31F3N6O3S/c1-4-21(17-36-30(43)38-31-41(28(42)18-45-31)27-8-6-5-7-26(27)20(2)3)22-9-11-23(12-10-22)29-37-19-40(39-29)24-13-15-25(16-14-24)44-32(33,34)35/h5-16,19-21H,4,17-18H2,1-3H3,(H,36,43)/b38-31+. The van der Waals surface area contributed by atoms with Gasteiger partial charge in [0.1, 0.15) is 12.1 Å². The van der Waals surface area contributed by atoms with Gasteiger partial charge in [-0.3, -0.25) is 9.69 Å². The topological polar surface area (TPSA) is 102 Å². The molecule has 0 radical (unpaired) electrons. The maximum Gasteiger partial charge on any atom is 0.573 e. The van der Waals surface area contributed by atoms with Crippen LogP contribution >= 0.6 is 11.8 Å². The Balaban J connectivity index is 1.22. The van der Waals surface area contributed by atoms with Crippen molar-refractivity contribution < 1.29 is 27.5 Å². The number of rotatable bonds is 9. The van der Waals surface area contributed by atoms with Gasteiger partial charge in [0.05, 0.1) is 17.1 Å². The van der Waals surface area contributed by atoms with E-state index in [1.165, 1.54) is 51.9 Å². The number of ether oxygens (including phenoxy) is 1. The fourth-order valence-electron chi connectivity index (χ4n) is 4.92. The second kappa shape index (κ2) is 13.6. The molecule has 0 spiro atoms. The number of urea groups is 1. The number of benzene rings is 3. The number of amides is 3. The van der Waals surface area contributed by atoms with Gasteiger partial charge in [-0.1, -0.05) is 75.0 Å². The van der Waals surface area contributed by atoms with E-state index in [4.69, 9.17) is 0 Å². The molecular formula is C32H31F3N6O3S. The monoisotopic (exact) mass is 636 g/mol. The number of aromatic nitrogens is 3. The number of halogens is 3. The molecule has 234 valence electrons. The Bertz CT molecular complexity index is 1690. The number of hydrogen-bond acceptors (Lipinski definition) is 6. The summed E-state index contributed by atoms with van der Waals surface area (Å²) in [7, 11) is 0. The zero-order valence-corrected chi connectivity index (χ0v) is 25.6. The van der Waals surface area contributed by atoms with Crippen molar-refractivity contribution in [1.82, 2.24) is 20.1 Å². The van der Waals surface area contributed by atoms with Crippen LogP contribution in [0.25, 0.3) is 17.1 Å². The smallest absolute Gasteiger partial charge is 0.406 e. The SMILES string of the molecule is CCC(CNC(=O)/N=C1/SCC(=O)N1c1ccccc1C(C)C)c1ccc(-c2ncn(-c3ccc(OC(F)(F)F)cc3)n2)cc1. The van der Waals surface area contributed by atoms with E-state index < -0.39 is 12.4 Å². The van der Waals surface area contributed by atoms with Gasteiger partial charge in [-0.25, -0.2) is 14.5 Å². The summed E-state index contributed by atoms with van der Waals surface area (Å²) in [5, 5.41) is 7.70. The Morgan fingerprint density at radius 3 is 2.44 bits per heavy atom. The van der Waals surface area contributed by atoms with Crippen LogP contribution < -0.4 is 15.0 Å². The molecule has 13 heteroatoms. The fraction of sp³-hybridized carbons (Fsp3) is 0.281. The van der Waals surface area contributed by atoms with Crippen LogP contribution in [0, 0.1) is 0 Å². The Labute approximate surface area is 262 Å². The van der Waals surface area contributed by atoms with Crippen molar-refractivity contribution >= 4 is 34.6 Å². The number of para-hydroxylation sites is 1. The summed E-state index contributed by atoms with van der Waals surface area (Å²) in [5.41, 5.74) is 4.04. The maximum absolute atomic E-state index is 12.9. The van der Waals surface area contributed by atoms with Gasteiger partial charge in [0.25, 0.3) is 0 Å². The second-order valence-corrected chi connectivity index (χ2v) is 11.5. The minimum absolute atomic E-state index is 0.0155. The average molecular weight is 637 g/mol. The highest BCUT2D eigenvalue weighted by atomic mass is 32.2.